The maximum absolute atomic E-state index is 12.3. The van der Waals surface area contributed by atoms with Crippen LogP contribution in [0, 0.1) is 0 Å². The summed E-state index contributed by atoms with van der Waals surface area (Å²) in [7, 11) is 3.16. The number of carbonyl (C=O) groups excluding carboxylic acids is 1. The lowest BCUT2D eigenvalue weighted by Crippen LogP contribution is -2.06. The lowest BCUT2D eigenvalue weighted by molar-refractivity contribution is -0.129. The first-order valence-electron chi connectivity index (χ1n) is 8.37. The summed E-state index contributed by atoms with van der Waals surface area (Å²) in [5, 5.41) is 0. The third kappa shape index (κ3) is 3.47. The number of benzene rings is 2. The molecule has 0 bridgehead atoms. The molecule has 0 amide bonds. The van der Waals surface area contributed by atoms with Crippen molar-refractivity contribution in [2.24, 2.45) is 4.99 Å². The van der Waals surface area contributed by atoms with Crippen molar-refractivity contribution in [2.45, 2.75) is 19.8 Å². The first-order valence-corrected chi connectivity index (χ1v) is 8.37. The van der Waals surface area contributed by atoms with Crippen LogP contribution in [-0.2, 0) is 9.53 Å². The predicted molar refractivity (Wildman–Crippen MR) is 101 cm³/mol. The number of methoxy groups -OCH3 is 2. The van der Waals surface area contributed by atoms with Crippen LogP contribution in [0.2, 0.25) is 0 Å². The van der Waals surface area contributed by atoms with Crippen LogP contribution in [0.3, 0.4) is 0 Å². The number of aliphatic imine (C=N–C) groups is 1. The molecule has 5 heteroatoms. The van der Waals surface area contributed by atoms with Crippen molar-refractivity contribution in [3.8, 4) is 11.5 Å². The largest absolute Gasteiger partial charge is 0.496 e. The van der Waals surface area contributed by atoms with E-state index >= 15 is 0 Å². The highest BCUT2D eigenvalue weighted by atomic mass is 16.6. The molecular weight excluding hydrogens is 330 g/mol. The Balaban J connectivity index is 2.03. The Morgan fingerprint density at radius 1 is 1.04 bits per heavy atom. The zero-order valence-electron chi connectivity index (χ0n) is 15.3. The van der Waals surface area contributed by atoms with Gasteiger partial charge in [0, 0.05) is 5.56 Å². The van der Waals surface area contributed by atoms with Gasteiger partial charge in [0.15, 0.2) is 5.70 Å². The summed E-state index contributed by atoms with van der Waals surface area (Å²) >= 11 is 0. The van der Waals surface area contributed by atoms with E-state index in [-0.39, 0.29) is 11.6 Å². The van der Waals surface area contributed by atoms with Gasteiger partial charge >= 0.3 is 5.97 Å². The van der Waals surface area contributed by atoms with E-state index in [4.69, 9.17) is 14.2 Å². The van der Waals surface area contributed by atoms with E-state index in [0.29, 0.717) is 23.0 Å². The standard InChI is InChI=1S/C21H21NO4/c1-13(2)14-9-10-18(24-3)15(11-14)12-17-21(23)26-20(22-17)16-7-5-6-8-19(16)25-4/h5-13H,1-4H3/b17-12-. The topological polar surface area (TPSA) is 57.1 Å². The van der Waals surface area contributed by atoms with Gasteiger partial charge in [0.2, 0.25) is 5.90 Å². The second-order valence-electron chi connectivity index (χ2n) is 6.19. The molecule has 0 atom stereocenters. The maximum atomic E-state index is 12.3. The molecule has 0 unspecified atom stereocenters. The normalized spacial score (nSPS) is 15.2. The van der Waals surface area contributed by atoms with Gasteiger partial charge in [-0.3, -0.25) is 0 Å². The monoisotopic (exact) mass is 351 g/mol. The fourth-order valence-electron chi connectivity index (χ4n) is 2.72. The molecule has 3 rings (SSSR count). The molecule has 0 fully saturated rings. The fourth-order valence-corrected chi connectivity index (χ4v) is 2.72. The van der Waals surface area contributed by atoms with Crippen LogP contribution in [-0.4, -0.2) is 26.1 Å². The maximum Gasteiger partial charge on any atom is 0.363 e. The number of ether oxygens (including phenoxy) is 3. The van der Waals surface area contributed by atoms with Crippen LogP contribution in [0.15, 0.2) is 53.2 Å². The molecule has 0 aromatic heterocycles. The number of hydrogen-bond acceptors (Lipinski definition) is 5. The van der Waals surface area contributed by atoms with Crippen LogP contribution >= 0.6 is 0 Å². The minimum absolute atomic E-state index is 0.227. The van der Waals surface area contributed by atoms with Crippen molar-refractivity contribution in [1.82, 2.24) is 0 Å². The van der Waals surface area contributed by atoms with Crippen molar-refractivity contribution < 1.29 is 19.0 Å². The molecule has 134 valence electrons. The Hall–Kier alpha value is -3.08. The molecule has 0 saturated carbocycles. The van der Waals surface area contributed by atoms with E-state index in [1.807, 2.05) is 30.3 Å². The molecule has 1 aliphatic rings. The average molecular weight is 351 g/mol. The van der Waals surface area contributed by atoms with E-state index in [9.17, 15) is 4.79 Å². The minimum atomic E-state index is -0.497. The van der Waals surface area contributed by atoms with Crippen molar-refractivity contribution in [3.05, 3.63) is 64.9 Å². The van der Waals surface area contributed by atoms with Gasteiger partial charge in [-0.2, -0.15) is 0 Å². The van der Waals surface area contributed by atoms with Crippen LogP contribution in [0.5, 0.6) is 11.5 Å². The number of esters is 1. The second kappa shape index (κ2) is 7.44. The van der Waals surface area contributed by atoms with Gasteiger partial charge in [-0.1, -0.05) is 32.0 Å². The average Bonchev–Trinajstić information content (AvgIpc) is 3.02. The van der Waals surface area contributed by atoms with Gasteiger partial charge in [-0.25, -0.2) is 9.79 Å². The van der Waals surface area contributed by atoms with Gasteiger partial charge in [0.1, 0.15) is 11.5 Å². The van der Waals surface area contributed by atoms with Gasteiger partial charge in [0.05, 0.1) is 19.8 Å². The third-order valence-electron chi connectivity index (χ3n) is 4.17. The summed E-state index contributed by atoms with van der Waals surface area (Å²) in [6, 6.07) is 13.2. The number of rotatable bonds is 5. The third-order valence-corrected chi connectivity index (χ3v) is 4.17. The SMILES string of the molecule is COc1ccc(C(C)C)cc1/C=C1\N=C(c2ccccc2OC)OC1=O. The number of nitrogens with zero attached hydrogens (tertiary/aromatic N) is 1. The van der Waals surface area contributed by atoms with E-state index < -0.39 is 5.97 Å². The van der Waals surface area contributed by atoms with Gasteiger partial charge < -0.3 is 14.2 Å². The highest BCUT2D eigenvalue weighted by Gasteiger charge is 2.26. The molecule has 1 heterocycles. The Morgan fingerprint density at radius 2 is 1.77 bits per heavy atom. The van der Waals surface area contributed by atoms with Gasteiger partial charge in [-0.15, -0.1) is 0 Å². The molecule has 0 aliphatic carbocycles. The van der Waals surface area contributed by atoms with E-state index in [1.54, 1.807) is 32.4 Å². The quantitative estimate of drug-likeness (QED) is 0.599. The summed E-state index contributed by atoms with van der Waals surface area (Å²) in [6.07, 6.45) is 1.69. The molecule has 26 heavy (non-hydrogen) atoms. The molecule has 0 spiro atoms. The van der Waals surface area contributed by atoms with Gasteiger partial charge in [-0.05, 0) is 41.8 Å². The second-order valence-corrected chi connectivity index (χ2v) is 6.19. The Labute approximate surface area is 152 Å². The van der Waals surface area contributed by atoms with Crippen LogP contribution in [0.1, 0.15) is 36.5 Å². The van der Waals surface area contributed by atoms with Crippen molar-refractivity contribution in [3.63, 3.8) is 0 Å². The fraction of sp³-hybridized carbons (Fsp3) is 0.238. The lowest BCUT2D eigenvalue weighted by Gasteiger charge is -2.10. The zero-order valence-corrected chi connectivity index (χ0v) is 15.3. The van der Waals surface area contributed by atoms with E-state index in [1.165, 1.54) is 0 Å². The predicted octanol–water partition coefficient (Wildman–Crippen LogP) is 4.17. The van der Waals surface area contributed by atoms with Crippen LogP contribution in [0.25, 0.3) is 6.08 Å². The minimum Gasteiger partial charge on any atom is -0.496 e. The molecule has 0 saturated heterocycles. The summed E-state index contributed by atoms with van der Waals surface area (Å²) < 4.78 is 16.1. The number of para-hydroxylation sites is 1. The Bertz CT molecular complexity index is 897. The molecule has 1 aliphatic heterocycles. The number of carbonyl (C=O) groups is 1. The summed E-state index contributed by atoms with van der Waals surface area (Å²) in [5.74, 6) is 1.37. The highest BCUT2D eigenvalue weighted by molar-refractivity contribution is 6.13. The summed E-state index contributed by atoms with van der Waals surface area (Å²) in [5.41, 5.74) is 2.80. The molecule has 0 radical (unpaired) electrons. The van der Waals surface area contributed by atoms with Crippen molar-refractivity contribution in [1.29, 1.82) is 0 Å². The van der Waals surface area contributed by atoms with E-state index in [2.05, 4.69) is 18.8 Å². The number of hydrogen-bond donors (Lipinski definition) is 0. The summed E-state index contributed by atoms with van der Waals surface area (Å²) in [6.45, 7) is 4.22. The van der Waals surface area contributed by atoms with Crippen molar-refractivity contribution in [2.75, 3.05) is 14.2 Å². The molecule has 5 nitrogen and oxygen atoms in total. The lowest BCUT2D eigenvalue weighted by atomic mass is 10.00. The Morgan fingerprint density at radius 3 is 2.46 bits per heavy atom. The smallest absolute Gasteiger partial charge is 0.363 e. The number of cyclic esters (lactones) is 1. The molecule has 2 aromatic carbocycles. The van der Waals surface area contributed by atoms with Crippen molar-refractivity contribution >= 4 is 17.9 Å². The van der Waals surface area contributed by atoms with Crippen LogP contribution < -0.4 is 9.47 Å². The van der Waals surface area contributed by atoms with E-state index in [0.717, 1.165) is 11.1 Å². The zero-order chi connectivity index (χ0) is 18.7. The first-order chi connectivity index (χ1) is 12.5. The molecule has 0 N–H and O–H groups in total. The summed E-state index contributed by atoms with van der Waals surface area (Å²) in [4.78, 5) is 16.7. The highest BCUT2D eigenvalue weighted by Crippen LogP contribution is 2.29. The first kappa shape index (κ1) is 17.7. The molecular formula is C21H21NO4. The Kier molecular flexibility index (Phi) is 5.07. The van der Waals surface area contributed by atoms with Crippen LogP contribution in [0.4, 0.5) is 0 Å². The molecule has 2 aromatic rings. The van der Waals surface area contributed by atoms with Gasteiger partial charge in [0.25, 0.3) is 0 Å².